The zero-order valence-electron chi connectivity index (χ0n) is 17.2. The van der Waals surface area contributed by atoms with Crippen LogP contribution in [-0.2, 0) is 11.2 Å². The number of rotatable bonds is 11. The molecule has 2 aromatic rings. The highest BCUT2D eigenvalue weighted by Gasteiger charge is 2.09. The minimum Gasteiger partial charge on any atom is -0.493 e. The molecule has 0 aliphatic heterocycles. The number of methoxy groups -OCH3 is 1. The Balaban J connectivity index is 1.85. The zero-order chi connectivity index (χ0) is 21.1. The maximum Gasteiger partial charge on any atom is 0.234 e. The molecule has 0 aliphatic rings. The molecule has 2 rings (SSSR count). The average Bonchev–Trinajstić information content (AvgIpc) is 2.72. The van der Waals surface area contributed by atoms with Gasteiger partial charge in [-0.15, -0.1) is 0 Å². The summed E-state index contributed by atoms with van der Waals surface area (Å²) >= 11 is 0. The summed E-state index contributed by atoms with van der Waals surface area (Å²) in [5, 5.41) is 11.2. The van der Waals surface area contributed by atoms with E-state index < -0.39 is 0 Å². The third kappa shape index (κ3) is 7.04. The van der Waals surface area contributed by atoms with Gasteiger partial charge in [-0.05, 0) is 41.7 Å². The van der Waals surface area contributed by atoms with Gasteiger partial charge in [0.05, 0.1) is 13.2 Å². The smallest absolute Gasteiger partial charge is 0.234 e. The van der Waals surface area contributed by atoms with Crippen molar-refractivity contribution >= 4 is 5.91 Å². The van der Waals surface area contributed by atoms with E-state index in [9.17, 15) is 4.79 Å². The summed E-state index contributed by atoms with van der Waals surface area (Å²) in [5.74, 6) is 2.29. The number of nitriles is 1. The van der Waals surface area contributed by atoms with Gasteiger partial charge >= 0.3 is 0 Å². The second-order valence-corrected chi connectivity index (χ2v) is 6.81. The minimum absolute atomic E-state index is 0.125. The number of benzene rings is 2. The van der Waals surface area contributed by atoms with Crippen molar-refractivity contribution in [3.05, 3.63) is 53.6 Å². The van der Waals surface area contributed by atoms with Gasteiger partial charge in [0, 0.05) is 6.54 Å². The first-order valence-corrected chi connectivity index (χ1v) is 9.70. The molecule has 1 N–H and O–H groups in total. The van der Waals surface area contributed by atoms with Crippen molar-refractivity contribution in [3.8, 4) is 23.3 Å². The van der Waals surface area contributed by atoms with Crippen LogP contribution >= 0.6 is 0 Å². The molecule has 0 heterocycles. The van der Waals surface area contributed by atoms with Crippen LogP contribution in [0.25, 0.3) is 0 Å². The standard InChI is InChI=1S/C23H28N2O4/c1-17(2)19-6-4-5-7-20(19)28-14-15-29-21-9-8-18(16-22(21)27-3)11-13-25-23(26)10-12-24/h4-9,16-17H,10-11,13-15H2,1-3H3,(H,25,26). The van der Waals surface area contributed by atoms with Crippen molar-refractivity contribution < 1.29 is 19.0 Å². The molecule has 0 saturated carbocycles. The van der Waals surface area contributed by atoms with E-state index in [1.807, 2.05) is 42.5 Å². The molecule has 0 saturated heterocycles. The summed E-state index contributed by atoms with van der Waals surface area (Å²) in [5.41, 5.74) is 2.19. The van der Waals surface area contributed by atoms with Gasteiger partial charge in [0.2, 0.25) is 5.91 Å². The van der Waals surface area contributed by atoms with Gasteiger partial charge < -0.3 is 19.5 Å². The van der Waals surface area contributed by atoms with Crippen molar-refractivity contribution in [1.82, 2.24) is 5.32 Å². The lowest BCUT2D eigenvalue weighted by atomic mass is 10.0. The Morgan fingerprint density at radius 1 is 1.07 bits per heavy atom. The van der Waals surface area contributed by atoms with Gasteiger partial charge in [-0.25, -0.2) is 0 Å². The lowest BCUT2D eigenvalue weighted by Crippen LogP contribution is -2.24. The largest absolute Gasteiger partial charge is 0.493 e. The lowest BCUT2D eigenvalue weighted by molar-refractivity contribution is -0.120. The number of carbonyl (C=O) groups is 1. The minimum atomic E-state index is -0.265. The van der Waals surface area contributed by atoms with Gasteiger partial charge in [0.25, 0.3) is 0 Å². The molecule has 0 aromatic heterocycles. The van der Waals surface area contributed by atoms with Crippen LogP contribution in [0.3, 0.4) is 0 Å². The van der Waals surface area contributed by atoms with E-state index in [-0.39, 0.29) is 12.3 Å². The van der Waals surface area contributed by atoms with Crippen molar-refractivity contribution in [3.63, 3.8) is 0 Å². The number of hydrogen-bond donors (Lipinski definition) is 1. The van der Waals surface area contributed by atoms with E-state index >= 15 is 0 Å². The van der Waals surface area contributed by atoms with Gasteiger partial charge in [0.1, 0.15) is 25.4 Å². The number of ether oxygens (including phenoxy) is 3. The van der Waals surface area contributed by atoms with Crippen LogP contribution in [0, 0.1) is 11.3 Å². The highest BCUT2D eigenvalue weighted by atomic mass is 16.5. The predicted molar refractivity (Wildman–Crippen MR) is 111 cm³/mol. The maximum atomic E-state index is 11.3. The summed E-state index contributed by atoms with van der Waals surface area (Å²) in [4.78, 5) is 11.3. The van der Waals surface area contributed by atoms with Gasteiger partial charge in [-0.3, -0.25) is 4.79 Å². The van der Waals surface area contributed by atoms with Crippen LogP contribution in [0.5, 0.6) is 17.2 Å². The number of carbonyl (C=O) groups excluding carboxylic acids is 1. The Kier molecular flexibility index (Phi) is 8.84. The fourth-order valence-corrected chi connectivity index (χ4v) is 2.86. The number of hydrogen-bond acceptors (Lipinski definition) is 5. The Labute approximate surface area is 172 Å². The first kappa shape index (κ1) is 22.1. The summed E-state index contributed by atoms with van der Waals surface area (Å²) in [6.45, 7) is 5.57. The van der Waals surface area contributed by atoms with Gasteiger partial charge in [0.15, 0.2) is 11.5 Å². The van der Waals surface area contributed by atoms with Crippen LogP contribution in [0.2, 0.25) is 0 Å². The average molecular weight is 396 g/mol. The molecule has 0 radical (unpaired) electrons. The number of nitrogens with one attached hydrogen (secondary N) is 1. The molecule has 0 unspecified atom stereocenters. The van der Waals surface area contributed by atoms with E-state index in [4.69, 9.17) is 19.5 Å². The monoisotopic (exact) mass is 396 g/mol. The van der Waals surface area contributed by atoms with Crippen LogP contribution in [0.1, 0.15) is 37.3 Å². The molecule has 154 valence electrons. The Hall–Kier alpha value is -3.20. The normalized spacial score (nSPS) is 10.3. The summed E-state index contributed by atoms with van der Waals surface area (Å²) in [6.07, 6.45) is 0.517. The summed E-state index contributed by atoms with van der Waals surface area (Å²) < 4.78 is 17.1. The molecule has 1 amide bonds. The van der Waals surface area contributed by atoms with Crippen LogP contribution in [0.4, 0.5) is 0 Å². The quantitative estimate of drug-likeness (QED) is 0.584. The molecule has 6 nitrogen and oxygen atoms in total. The zero-order valence-corrected chi connectivity index (χ0v) is 17.2. The second-order valence-electron chi connectivity index (χ2n) is 6.81. The van der Waals surface area contributed by atoms with E-state index in [1.54, 1.807) is 7.11 Å². The molecule has 0 spiro atoms. The van der Waals surface area contributed by atoms with Crippen molar-refractivity contribution in [1.29, 1.82) is 5.26 Å². The lowest BCUT2D eigenvalue weighted by Gasteiger charge is -2.15. The van der Waals surface area contributed by atoms with E-state index in [2.05, 4.69) is 25.2 Å². The molecular formula is C23H28N2O4. The van der Waals surface area contributed by atoms with Gasteiger partial charge in [-0.2, -0.15) is 5.26 Å². The molecular weight excluding hydrogens is 368 g/mol. The van der Waals surface area contributed by atoms with Crippen LogP contribution < -0.4 is 19.5 Å². The molecule has 29 heavy (non-hydrogen) atoms. The third-order valence-corrected chi connectivity index (χ3v) is 4.34. The number of nitrogens with zero attached hydrogens (tertiary/aromatic N) is 1. The Morgan fingerprint density at radius 2 is 1.79 bits per heavy atom. The summed E-state index contributed by atoms with van der Waals surface area (Å²) in [7, 11) is 1.59. The van der Waals surface area contributed by atoms with E-state index in [1.165, 1.54) is 5.56 Å². The first-order valence-electron chi connectivity index (χ1n) is 9.70. The van der Waals surface area contributed by atoms with Crippen molar-refractivity contribution in [2.75, 3.05) is 26.9 Å². The van der Waals surface area contributed by atoms with Crippen LogP contribution in [0.15, 0.2) is 42.5 Å². The number of para-hydroxylation sites is 1. The predicted octanol–water partition coefficient (Wildman–Crippen LogP) is 3.85. The highest BCUT2D eigenvalue weighted by Crippen LogP contribution is 2.29. The SMILES string of the molecule is COc1cc(CCNC(=O)CC#N)ccc1OCCOc1ccccc1C(C)C. The molecule has 0 bridgehead atoms. The Morgan fingerprint density at radius 3 is 2.48 bits per heavy atom. The second kappa shape index (κ2) is 11.6. The number of amides is 1. The molecule has 0 atom stereocenters. The third-order valence-electron chi connectivity index (χ3n) is 4.34. The van der Waals surface area contributed by atoms with Crippen molar-refractivity contribution in [2.45, 2.75) is 32.6 Å². The fraction of sp³-hybridized carbons (Fsp3) is 0.391. The fourth-order valence-electron chi connectivity index (χ4n) is 2.86. The van der Waals surface area contributed by atoms with E-state index in [0.717, 1.165) is 11.3 Å². The molecule has 2 aromatic carbocycles. The topological polar surface area (TPSA) is 80.6 Å². The van der Waals surface area contributed by atoms with Gasteiger partial charge in [-0.1, -0.05) is 38.1 Å². The van der Waals surface area contributed by atoms with Crippen molar-refractivity contribution in [2.24, 2.45) is 0 Å². The molecule has 0 fully saturated rings. The maximum absolute atomic E-state index is 11.3. The molecule has 6 heteroatoms. The first-order chi connectivity index (χ1) is 14.0. The van der Waals surface area contributed by atoms with Crippen LogP contribution in [-0.4, -0.2) is 32.8 Å². The molecule has 0 aliphatic carbocycles. The van der Waals surface area contributed by atoms with E-state index in [0.29, 0.717) is 43.6 Å². The summed E-state index contributed by atoms with van der Waals surface area (Å²) in [6, 6.07) is 15.5. The Bertz CT molecular complexity index is 843. The highest BCUT2D eigenvalue weighted by molar-refractivity contribution is 5.77.